The molecule has 0 bridgehead atoms. The summed E-state index contributed by atoms with van der Waals surface area (Å²) in [6.07, 6.45) is 0.0305. The highest BCUT2D eigenvalue weighted by atomic mass is 16.4. The highest BCUT2D eigenvalue weighted by Crippen LogP contribution is 2.19. The fraction of sp³-hybridized carbons (Fsp3) is 0.231. The minimum absolute atomic E-state index is 0.0305. The lowest BCUT2D eigenvalue weighted by Crippen LogP contribution is -2.03. The SMILES string of the molecule is Cc1nc2c(C)cccc2cc1CC(=O)O. The number of carbonyl (C=O) groups is 1. The van der Waals surface area contributed by atoms with Crippen molar-refractivity contribution >= 4 is 16.9 Å². The second-order valence-corrected chi connectivity index (χ2v) is 3.95. The number of carboxylic acids is 1. The average Bonchev–Trinajstić information content (AvgIpc) is 2.20. The van der Waals surface area contributed by atoms with Crippen LogP contribution in [-0.4, -0.2) is 16.1 Å². The number of para-hydroxylation sites is 1. The number of hydrogen-bond donors (Lipinski definition) is 1. The highest BCUT2D eigenvalue weighted by molar-refractivity contribution is 5.83. The van der Waals surface area contributed by atoms with Crippen LogP contribution in [-0.2, 0) is 11.2 Å². The van der Waals surface area contributed by atoms with Crippen LogP contribution in [0.15, 0.2) is 24.3 Å². The second kappa shape index (κ2) is 3.93. The molecule has 0 atom stereocenters. The fourth-order valence-electron chi connectivity index (χ4n) is 1.82. The monoisotopic (exact) mass is 215 g/mol. The van der Waals surface area contributed by atoms with E-state index in [1.807, 2.05) is 38.1 Å². The maximum atomic E-state index is 10.7. The minimum Gasteiger partial charge on any atom is -0.481 e. The fourth-order valence-corrected chi connectivity index (χ4v) is 1.82. The molecule has 2 aromatic rings. The largest absolute Gasteiger partial charge is 0.481 e. The Hall–Kier alpha value is -1.90. The van der Waals surface area contributed by atoms with Crippen LogP contribution in [0.1, 0.15) is 16.8 Å². The van der Waals surface area contributed by atoms with Gasteiger partial charge in [-0.25, -0.2) is 0 Å². The summed E-state index contributed by atoms with van der Waals surface area (Å²) in [5.74, 6) is -0.822. The molecule has 0 saturated carbocycles. The molecule has 2 rings (SSSR count). The Morgan fingerprint density at radius 2 is 2.12 bits per heavy atom. The van der Waals surface area contributed by atoms with Crippen molar-refractivity contribution in [2.24, 2.45) is 0 Å². The smallest absolute Gasteiger partial charge is 0.307 e. The Kier molecular flexibility index (Phi) is 2.60. The zero-order chi connectivity index (χ0) is 11.7. The number of hydrogen-bond acceptors (Lipinski definition) is 2. The van der Waals surface area contributed by atoms with Gasteiger partial charge in [-0.15, -0.1) is 0 Å². The first kappa shape index (κ1) is 10.6. The number of carboxylic acid groups (broad SMARTS) is 1. The van der Waals surface area contributed by atoms with Crippen LogP contribution in [0.25, 0.3) is 10.9 Å². The Labute approximate surface area is 93.7 Å². The van der Waals surface area contributed by atoms with Crippen LogP contribution < -0.4 is 0 Å². The predicted octanol–water partition coefficient (Wildman–Crippen LogP) is 2.48. The molecule has 0 spiro atoms. The van der Waals surface area contributed by atoms with Gasteiger partial charge in [-0.3, -0.25) is 9.78 Å². The van der Waals surface area contributed by atoms with Crippen LogP contribution in [0.5, 0.6) is 0 Å². The summed E-state index contributed by atoms with van der Waals surface area (Å²) in [5.41, 5.74) is 3.64. The van der Waals surface area contributed by atoms with E-state index < -0.39 is 5.97 Å². The summed E-state index contributed by atoms with van der Waals surface area (Å²) < 4.78 is 0. The van der Waals surface area contributed by atoms with Crippen molar-refractivity contribution in [3.05, 3.63) is 41.1 Å². The number of pyridine rings is 1. The maximum absolute atomic E-state index is 10.7. The summed E-state index contributed by atoms with van der Waals surface area (Å²) in [6.45, 7) is 3.86. The van der Waals surface area contributed by atoms with E-state index in [2.05, 4.69) is 4.98 Å². The van der Waals surface area contributed by atoms with Crippen LogP contribution in [0.2, 0.25) is 0 Å². The molecule has 0 saturated heterocycles. The predicted molar refractivity (Wildman–Crippen MR) is 62.6 cm³/mol. The normalized spacial score (nSPS) is 10.6. The second-order valence-electron chi connectivity index (χ2n) is 3.95. The van der Waals surface area contributed by atoms with Crippen LogP contribution >= 0.6 is 0 Å². The number of aromatic nitrogens is 1. The summed E-state index contributed by atoms with van der Waals surface area (Å²) in [6, 6.07) is 7.84. The third-order valence-corrected chi connectivity index (χ3v) is 2.68. The van der Waals surface area contributed by atoms with Crippen molar-refractivity contribution in [3.63, 3.8) is 0 Å². The average molecular weight is 215 g/mol. The summed E-state index contributed by atoms with van der Waals surface area (Å²) in [5, 5.41) is 9.79. The van der Waals surface area contributed by atoms with Gasteiger partial charge in [-0.2, -0.15) is 0 Å². The number of aliphatic carboxylic acids is 1. The van der Waals surface area contributed by atoms with Gasteiger partial charge < -0.3 is 5.11 Å². The highest BCUT2D eigenvalue weighted by Gasteiger charge is 2.07. The molecular formula is C13H13NO2. The van der Waals surface area contributed by atoms with Crippen LogP contribution in [0, 0.1) is 13.8 Å². The molecule has 0 aliphatic heterocycles. The number of nitrogens with zero attached hydrogens (tertiary/aromatic N) is 1. The van der Waals surface area contributed by atoms with Gasteiger partial charge in [0.2, 0.25) is 0 Å². The number of fused-ring (bicyclic) bond motifs is 1. The lowest BCUT2D eigenvalue weighted by Gasteiger charge is -2.07. The van der Waals surface area contributed by atoms with E-state index in [-0.39, 0.29) is 6.42 Å². The summed E-state index contributed by atoms with van der Waals surface area (Å²) in [4.78, 5) is 15.2. The van der Waals surface area contributed by atoms with E-state index in [1.165, 1.54) is 0 Å². The third kappa shape index (κ3) is 1.89. The number of aryl methyl sites for hydroxylation is 2. The molecule has 0 unspecified atom stereocenters. The van der Waals surface area contributed by atoms with Gasteiger partial charge >= 0.3 is 5.97 Å². The Balaban J connectivity index is 2.63. The van der Waals surface area contributed by atoms with E-state index >= 15 is 0 Å². The summed E-state index contributed by atoms with van der Waals surface area (Å²) in [7, 11) is 0. The molecule has 16 heavy (non-hydrogen) atoms. The van der Waals surface area contributed by atoms with E-state index in [0.717, 1.165) is 27.7 Å². The Morgan fingerprint density at radius 1 is 1.38 bits per heavy atom. The molecule has 3 heteroatoms. The van der Waals surface area contributed by atoms with Crippen molar-refractivity contribution < 1.29 is 9.90 Å². The van der Waals surface area contributed by atoms with Gasteiger partial charge in [0.05, 0.1) is 11.9 Å². The first-order valence-electron chi connectivity index (χ1n) is 5.15. The van der Waals surface area contributed by atoms with Gasteiger partial charge in [-0.05, 0) is 31.0 Å². The zero-order valence-electron chi connectivity index (χ0n) is 9.32. The zero-order valence-corrected chi connectivity index (χ0v) is 9.32. The molecule has 1 aromatic heterocycles. The van der Waals surface area contributed by atoms with Crippen LogP contribution in [0.4, 0.5) is 0 Å². The Bertz CT molecular complexity index is 561. The third-order valence-electron chi connectivity index (χ3n) is 2.68. The number of benzene rings is 1. The molecule has 82 valence electrons. The first-order chi connectivity index (χ1) is 7.58. The van der Waals surface area contributed by atoms with Crippen molar-refractivity contribution in [3.8, 4) is 0 Å². The van der Waals surface area contributed by atoms with Crippen molar-refractivity contribution in [1.82, 2.24) is 4.98 Å². The molecule has 0 fully saturated rings. The van der Waals surface area contributed by atoms with Crippen LogP contribution in [0.3, 0.4) is 0 Å². The minimum atomic E-state index is -0.822. The molecule has 1 heterocycles. The Morgan fingerprint density at radius 3 is 2.81 bits per heavy atom. The van der Waals surface area contributed by atoms with E-state index in [0.29, 0.717) is 0 Å². The first-order valence-corrected chi connectivity index (χ1v) is 5.15. The summed E-state index contributed by atoms with van der Waals surface area (Å²) >= 11 is 0. The van der Waals surface area contributed by atoms with Gasteiger partial charge in [0.25, 0.3) is 0 Å². The van der Waals surface area contributed by atoms with E-state index in [4.69, 9.17) is 5.11 Å². The number of rotatable bonds is 2. The molecule has 3 nitrogen and oxygen atoms in total. The molecule has 0 radical (unpaired) electrons. The topological polar surface area (TPSA) is 50.2 Å². The van der Waals surface area contributed by atoms with Gasteiger partial charge in [0.15, 0.2) is 0 Å². The van der Waals surface area contributed by atoms with Crippen molar-refractivity contribution in [1.29, 1.82) is 0 Å². The van der Waals surface area contributed by atoms with Gasteiger partial charge in [0, 0.05) is 11.1 Å². The lowest BCUT2D eigenvalue weighted by atomic mass is 10.0. The molecule has 1 aromatic carbocycles. The molecule has 0 amide bonds. The standard InChI is InChI=1S/C13H13NO2/c1-8-4-3-5-10-6-11(7-12(15)16)9(2)14-13(8)10/h3-6H,7H2,1-2H3,(H,15,16). The molecule has 0 aliphatic carbocycles. The van der Waals surface area contributed by atoms with Gasteiger partial charge in [-0.1, -0.05) is 18.2 Å². The quantitative estimate of drug-likeness (QED) is 0.837. The molecule has 0 aliphatic rings. The van der Waals surface area contributed by atoms with E-state index in [9.17, 15) is 4.79 Å². The van der Waals surface area contributed by atoms with Crippen molar-refractivity contribution in [2.75, 3.05) is 0 Å². The van der Waals surface area contributed by atoms with Gasteiger partial charge in [0.1, 0.15) is 0 Å². The lowest BCUT2D eigenvalue weighted by molar-refractivity contribution is -0.136. The van der Waals surface area contributed by atoms with Crippen molar-refractivity contribution in [2.45, 2.75) is 20.3 Å². The molecule has 1 N–H and O–H groups in total. The maximum Gasteiger partial charge on any atom is 0.307 e. The van der Waals surface area contributed by atoms with E-state index in [1.54, 1.807) is 0 Å². The molecular weight excluding hydrogens is 202 g/mol.